The second-order valence-electron chi connectivity index (χ2n) is 6.15. The lowest BCUT2D eigenvalue weighted by Gasteiger charge is -2.35. The third-order valence-electron chi connectivity index (χ3n) is 4.62. The molecule has 2 aromatic heterocycles. The molecule has 1 aromatic carbocycles. The Bertz CT molecular complexity index is 1030. The SMILES string of the molecule is Nc1c(F)ccc(F)c1C(=O)N1CCN(c2ncnc3[nH]cc(Cl)c23)CC1. The van der Waals surface area contributed by atoms with Gasteiger partial charge in [0.2, 0.25) is 0 Å². The van der Waals surface area contributed by atoms with E-state index in [1.165, 1.54) is 11.2 Å². The number of benzene rings is 1. The molecule has 0 spiro atoms. The Kier molecular flexibility index (Phi) is 4.31. The number of halogens is 3. The highest BCUT2D eigenvalue weighted by atomic mass is 35.5. The molecule has 0 aliphatic carbocycles. The fourth-order valence-electron chi connectivity index (χ4n) is 3.21. The van der Waals surface area contributed by atoms with Crippen molar-refractivity contribution in [3.63, 3.8) is 0 Å². The summed E-state index contributed by atoms with van der Waals surface area (Å²) < 4.78 is 27.6. The summed E-state index contributed by atoms with van der Waals surface area (Å²) in [7, 11) is 0. The van der Waals surface area contributed by atoms with Gasteiger partial charge in [0.15, 0.2) is 0 Å². The molecule has 3 aromatic rings. The average Bonchev–Trinajstić information content (AvgIpc) is 3.06. The monoisotopic (exact) mass is 392 g/mol. The molecule has 1 aliphatic rings. The first-order chi connectivity index (χ1) is 13.0. The summed E-state index contributed by atoms with van der Waals surface area (Å²) in [5.41, 5.74) is 5.29. The van der Waals surface area contributed by atoms with E-state index in [9.17, 15) is 13.6 Å². The van der Waals surface area contributed by atoms with Crippen LogP contribution in [0.15, 0.2) is 24.7 Å². The number of nitrogens with one attached hydrogen (secondary N) is 1. The number of aromatic amines is 1. The number of anilines is 2. The van der Waals surface area contributed by atoms with Crippen LogP contribution in [0.4, 0.5) is 20.3 Å². The molecule has 0 radical (unpaired) electrons. The summed E-state index contributed by atoms with van der Waals surface area (Å²) in [6, 6.07) is 1.81. The molecule has 0 bridgehead atoms. The molecule has 1 aliphatic heterocycles. The zero-order valence-corrected chi connectivity index (χ0v) is 14.8. The number of nitrogens with two attached hydrogens (primary N) is 1. The van der Waals surface area contributed by atoms with Gasteiger partial charge >= 0.3 is 0 Å². The van der Waals surface area contributed by atoms with Crippen molar-refractivity contribution in [1.82, 2.24) is 19.9 Å². The maximum Gasteiger partial charge on any atom is 0.259 e. The normalized spacial score (nSPS) is 14.8. The number of nitrogens with zero attached hydrogens (tertiary/aromatic N) is 4. The molecule has 1 amide bonds. The lowest BCUT2D eigenvalue weighted by atomic mass is 10.1. The number of hydrogen-bond donors (Lipinski definition) is 2. The molecule has 140 valence electrons. The van der Waals surface area contributed by atoms with Crippen LogP contribution in [-0.2, 0) is 0 Å². The molecular weight excluding hydrogens is 378 g/mol. The number of hydrogen-bond acceptors (Lipinski definition) is 5. The van der Waals surface area contributed by atoms with Crippen molar-refractivity contribution in [2.75, 3.05) is 36.8 Å². The number of carbonyl (C=O) groups is 1. The Labute approximate surface area is 157 Å². The van der Waals surface area contributed by atoms with Crippen LogP contribution < -0.4 is 10.6 Å². The maximum absolute atomic E-state index is 14.0. The van der Waals surface area contributed by atoms with Crippen LogP contribution >= 0.6 is 11.6 Å². The van der Waals surface area contributed by atoms with Gasteiger partial charge in [-0.3, -0.25) is 4.79 Å². The minimum Gasteiger partial charge on any atom is -0.396 e. The van der Waals surface area contributed by atoms with Crippen molar-refractivity contribution < 1.29 is 13.6 Å². The summed E-state index contributed by atoms with van der Waals surface area (Å²) in [5.74, 6) is -1.62. The van der Waals surface area contributed by atoms with E-state index in [2.05, 4.69) is 15.0 Å². The summed E-state index contributed by atoms with van der Waals surface area (Å²) in [6.45, 7) is 1.52. The van der Waals surface area contributed by atoms with E-state index in [-0.39, 0.29) is 0 Å². The van der Waals surface area contributed by atoms with E-state index >= 15 is 0 Å². The molecule has 1 saturated heterocycles. The van der Waals surface area contributed by atoms with Crippen LogP contribution in [-0.4, -0.2) is 51.9 Å². The molecule has 0 unspecified atom stereocenters. The number of aromatic nitrogens is 3. The van der Waals surface area contributed by atoms with Crippen LogP contribution in [0.25, 0.3) is 11.0 Å². The predicted molar refractivity (Wildman–Crippen MR) is 97.8 cm³/mol. The van der Waals surface area contributed by atoms with Crippen molar-refractivity contribution in [1.29, 1.82) is 0 Å². The highest BCUT2D eigenvalue weighted by molar-refractivity contribution is 6.36. The summed E-state index contributed by atoms with van der Waals surface area (Å²) in [6.07, 6.45) is 3.07. The van der Waals surface area contributed by atoms with E-state index in [1.807, 2.05) is 4.90 Å². The van der Waals surface area contributed by atoms with Crippen molar-refractivity contribution in [2.45, 2.75) is 0 Å². The highest BCUT2D eigenvalue weighted by Crippen LogP contribution is 2.30. The van der Waals surface area contributed by atoms with Crippen molar-refractivity contribution in [2.24, 2.45) is 0 Å². The van der Waals surface area contributed by atoms with Gasteiger partial charge in [-0.25, -0.2) is 18.7 Å². The Morgan fingerprint density at radius 1 is 1.15 bits per heavy atom. The number of carbonyl (C=O) groups excluding carboxylic acids is 1. The van der Waals surface area contributed by atoms with Gasteiger partial charge in [0.05, 0.1) is 16.1 Å². The molecule has 0 atom stereocenters. The van der Waals surface area contributed by atoms with Gasteiger partial charge in [-0.05, 0) is 12.1 Å². The third kappa shape index (κ3) is 2.93. The second kappa shape index (κ2) is 6.66. The van der Waals surface area contributed by atoms with Crippen molar-refractivity contribution in [3.05, 3.63) is 46.9 Å². The lowest BCUT2D eigenvalue weighted by Crippen LogP contribution is -2.49. The number of fused-ring (bicyclic) bond motifs is 1. The largest absolute Gasteiger partial charge is 0.396 e. The topological polar surface area (TPSA) is 91.1 Å². The molecule has 10 heteroatoms. The number of nitrogen functional groups attached to an aromatic ring is 1. The fourth-order valence-corrected chi connectivity index (χ4v) is 3.44. The number of H-pyrrole nitrogens is 1. The van der Waals surface area contributed by atoms with Gasteiger partial charge in [0, 0.05) is 32.4 Å². The van der Waals surface area contributed by atoms with E-state index in [1.54, 1.807) is 6.20 Å². The fraction of sp³-hybridized carbons (Fsp3) is 0.235. The van der Waals surface area contributed by atoms with Crippen molar-refractivity contribution in [3.8, 4) is 0 Å². The third-order valence-corrected chi connectivity index (χ3v) is 4.92. The first kappa shape index (κ1) is 17.5. The minimum atomic E-state index is -0.835. The van der Waals surface area contributed by atoms with Gasteiger partial charge in [-0.15, -0.1) is 0 Å². The number of rotatable bonds is 2. The molecule has 4 rings (SSSR count). The zero-order chi connectivity index (χ0) is 19.1. The van der Waals surface area contributed by atoms with Gasteiger partial charge in [0.1, 0.15) is 35.0 Å². The summed E-state index contributed by atoms with van der Waals surface area (Å²) in [5, 5.41) is 1.22. The van der Waals surface area contributed by atoms with E-state index < -0.39 is 28.8 Å². The quantitative estimate of drug-likeness (QED) is 0.654. The first-order valence-corrected chi connectivity index (χ1v) is 8.60. The highest BCUT2D eigenvalue weighted by Gasteiger charge is 2.28. The zero-order valence-electron chi connectivity index (χ0n) is 14.0. The van der Waals surface area contributed by atoms with Crippen LogP contribution in [0.1, 0.15) is 10.4 Å². The Morgan fingerprint density at radius 2 is 1.85 bits per heavy atom. The lowest BCUT2D eigenvalue weighted by molar-refractivity contribution is 0.0742. The summed E-state index contributed by atoms with van der Waals surface area (Å²) >= 11 is 6.21. The van der Waals surface area contributed by atoms with Crippen LogP contribution in [0.3, 0.4) is 0 Å². The van der Waals surface area contributed by atoms with Gasteiger partial charge in [-0.1, -0.05) is 11.6 Å². The van der Waals surface area contributed by atoms with Crippen LogP contribution in [0, 0.1) is 11.6 Å². The molecule has 3 N–H and O–H groups in total. The Balaban J connectivity index is 1.55. The number of amides is 1. The van der Waals surface area contributed by atoms with Gasteiger partial charge in [-0.2, -0.15) is 0 Å². The Morgan fingerprint density at radius 3 is 2.59 bits per heavy atom. The predicted octanol–water partition coefficient (Wildman–Crippen LogP) is 2.43. The van der Waals surface area contributed by atoms with Gasteiger partial charge < -0.3 is 20.5 Å². The molecule has 0 saturated carbocycles. The molecular formula is C17H15ClF2N6O. The van der Waals surface area contributed by atoms with Crippen LogP contribution in [0.5, 0.6) is 0 Å². The smallest absolute Gasteiger partial charge is 0.259 e. The molecule has 3 heterocycles. The van der Waals surface area contributed by atoms with Crippen LogP contribution in [0.2, 0.25) is 5.02 Å². The first-order valence-electron chi connectivity index (χ1n) is 8.22. The minimum absolute atomic E-state index is 0.307. The standard InChI is InChI=1S/C17H15ClF2N6O/c18-9-7-22-15-12(9)16(24-8-23-15)25-3-5-26(6-4-25)17(27)13-10(19)1-2-11(20)14(13)21/h1-2,7-8H,3-6,21H2,(H,22,23,24). The van der Waals surface area contributed by atoms with E-state index in [0.717, 1.165) is 12.1 Å². The van der Waals surface area contributed by atoms with E-state index in [0.29, 0.717) is 48.1 Å². The van der Waals surface area contributed by atoms with Crippen molar-refractivity contribution >= 4 is 40.0 Å². The molecule has 7 nitrogen and oxygen atoms in total. The summed E-state index contributed by atoms with van der Waals surface area (Å²) in [4.78, 5) is 27.5. The average molecular weight is 393 g/mol. The maximum atomic E-state index is 14.0. The number of piperazine rings is 1. The second-order valence-corrected chi connectivity index (χ2v) is 6.56. The van der Waals surface area contributed by atoms with Gasteiger partial charge in [0.25, 0.3) is 5.91 Å². The Hall–Kier alpha value is -2.94. The molecule has 1 fully saturated rings. The van der Waals surface area contributed by atoms with E-state index in [4.69, 9.17) is 17.3 Å². The molecule has 27 heavy (non-hydrogen) atoms.